The van der Waals surface area contributed by atoms with Crippen LogP contribution in [0.2, 0.25) is 0 Å². The van der Waals surface area contributed by atoms with Gasteiger partial charge in [0.25, 0.3) is 5.91 Å². The van der Waals surface area contributed by atoms with Gasteiger partial charge < -0.3 is 5.11 Å². The SMILES string of the molecule is CN1C(=O)CC(=CO)C1=O. The molecule has 0 saturated carbocycles. The number of aliphatic hydroxyl groups excluding tert-OH is 1. The lowest BCUT2D eigenvalue weighted by Crippen LogP contribution is -2.23. The predicted molar refractivity (Wildman–Crippen MR) is 33.1 cm³/mol. The van der Waals surface area contributed by atoms with Crippen molar-refractivity contribution >= 4 is 11.8 Å². The molecule has 10 heavy (non-hydrogen) atoms. The van der Waals surface area contributed by atoms with Gasteiger partial charge in [0.05, 0.1) is 18.3 Å². The number of likely N-dealkylation sites (tertiary alicyclic amines) is 1. The number of hydrogen-bond acceptors (Lipinski definition) is 3. The predicted octanol–water partition coefficient (Wildman–Crippen LogP) is -0.183. The second kappa shape index (κ2) is 2.13. The van der Waals surface area contributed by atoms with Crippen LogP contribution in [0.15, 0.2) is 11.8 Å². The fraction of sp³-hybridized carbons (Fsp3) is 0.333. The molecule has 1 N–H and O–H groups in total. The molecule has 0 spiro atoms. The van der Waals surface area contributed by atoms with Crippen LogP contribution in [0.3, 0.4) is 0 Å². The summed E-state index contributed by atoms with van der Waals surface area (Å²) in [4.78, 5) is 22.5. The van der Waals surface area contributed by atoms with Crippen molar-refractivity contribution in [2.75, 3.05) is 7.05 Å². The van der Waals surface area contributed by atoms with Crippen LogP contribution in [0, 0.1) is 0 Å². The molecule has 54 valence electrons. The van der Waals surface area contributed by atoms with E-state index in [2.05, 4.69) is 0 Å². The first kappa shape index (κ1) is 6.80. The number of likely N-dealkylation sites (N-methyl/N-ethyl adjacent to an activating group) is 1. The van der Waals surface area contributed by atoms with E-state index in [-0.39, 0.29) is 17.9 Å². The summed E-state index contributed by atoms with van der Waals surface area (Å²) in [6, 6.07) is 0. The van der Waals surface area contributed by atoms with Gasteiger partial charge in [0.15, 0.2) is 0 Å². The molecule has 0 aromatic heterocycles. The van der Waals surface area contributed by atoms with Crippen LogP contribution < -0.4 is 0 Å². The van der Waals surface area contributed by atoms with E-state index in [1.54, 1.807) is 0 Å². The van der Waals surface area contributed by atoms with Crippen molar-refractivity contribution in [2.45, 2.75) is 6.42 Å². The van der Waals surface area contributed by atoms with Gasteiger partial charge in [-0.05, 0) is 0 Å². The van der Waals surface area contributed by atoms with Gasteiger partial charge in [-0.3, -0.25) is 14.5 Å². The number of rotatable bonds is 0. The average Bonchev–Trinajstić information content (AvgIpc) is 2.17. The van der Waals surface area contributed by atoms with Crippen LogP contribution >= 0.6 is 0 Å². The molecule has 1 aliphatic rings. The maximum Gasteiger partial charge on any atom is 0.259 e. The van der Waals surface area contributed by atoms with Gasteiger partial charge in [0.2, 0.25) is 5.91 Å². The molecule has 4 nitrogen and oxygen atoms in total. The number of hydrogen-bond donors (Lipinski definition) is 1. The Labute approximate surface area is 57.7 Å². The number of carbonyl (C=O) groups excluding carboxylic acids is 2. The number of imide groups is 1. The lowest BCUT2D eigenvalue weighted by Gasteiger charge is -2.01. The van der Waals surface area contributed by atoms with Gasteiger partial charge in [-0.2, -0.15) is 0 Å². The summed E-state index contributed by atoms with van der Waals surface area (Å²) in [5, 5.41) is 8.41. The van der Waals surface area contributed by atoms with Crippen molar-refractivity contribution < 1.29 is 14.7 Å². The Kier molecular flexibility index (Phi) is 1.45. The van der Waals surface area contributed by atoms with E-state index in [0.717, 1.165) is 4.90 Å². The quantitative estimate of drug-likeness (QED) is 0.289. The molecular weight excluding hydrogens is 134 g/mol. The van der Waals surface area contributed by atoms with Crippen molar-refractivity contribution in [1.82, 2.24) is 4.90 Å². The third-order valence-corrected chi connectivity index (χ3v) is 1.45. The van der Waals surface area contributed by atoms with Crippen molar-refractivity contribution in [3.8, 4) is 0 Å². The Hall–Kier alpha value is -1.32. The molecule has 1 saturated heterocycles. The van der Waals surface area contributed by atoms with Crippen LogP contribution in [0.1, 0.15) is 6.42 Å². The standard InChI is InChI=1S/C6H7NO3/c1-7-5(9)2-4(3-8)6(7)10/h3,8H,2H2,1H3. The van der Waals surface area contributed by atoms with Crippen molar-refractivity contribution in [1.29, 1.82) is 0 Å². The fourth-order valence-electron chi connectivity index (χ4n) is 0.787. The summed E-state index contributed by atoms with van der Waals surface area (Å²) in [5.74, 6) is -0.683. The molecule has 0 atom stereocenters. The first-order valence-corrected chi connectivity index (χ1v) is 2.81. The number of nitrogens with zero attached hydrogens (tertiary/aromatic N) is 1. The minimum Gasteiger partial charge on any atom is -0.515 e. The molecule has 1 fully saturated rings. The first-order chi connectivity index (χ1) is 4.66. The van der Waals surface area contributed by atoms with E-state index >= 15 is 0 Å². The lowest BCUT2D eigenvalue weighted by atomic mass is 10.2. The normalized spacial score (nSPS) is 22.9. The summed E-state index contributed by atoms with van der Waals surface area (Å²) in [6.07, 6.45) is 0.704. The van der Waals surface area contributed by atoms with Crippen LogP contribution in [-0.4, -0.2) is 28.9 Å². The lowest BCUT2D eigenvalue weighted by molar-refractivity contribution is -0.135. The largest absolute Gasteiger partial charge is 0.515 e. The molecule has 0 aromatic carbocycles. The van der Waals surface area contributed by atoms with Gasteiger partial charge >= 0.3 is 0 Å². The summed E-state index contributed by atoms with van der Waals surface area (Å²) in [7, 11) is 1.39. The van der Waals surface area contributed by atoms with Gasteiger partial charge in [-0.15, -0.1) is 0 Å². The highest BCUT2D eigenvalue weighted by Gasteiger charge is 2.30. The minimum absolute atomic E-state index is 0.0197. The van der Waals surface area contributed by atoms with E-state index in [9.17, 15) is 9.59 Å². The molecule has 0 bridgehead atoms. The Balaban J connectivity index is 2.92. The van der Waals surface area contributed by atoms with Crippen LogP contribution in [-0.2, 0) is 9.59 Å². The summed E-state index contributed by atoms with van der Waals surface area (Å²) >= 11 is 0. The topological polar surface area (TPSA) is 57.6 Å². The molecule has 0 radical (unpaired) electrons. The fourth-order valence-corrected chi connectivity index (χ4v) is 0.787. The molecule has 0 aromatic rings. The van der Waals surface area contributed by atoms with E-state index in [1.807, 2.05) is 0 Å². The van der Waals surface area contributed by atoms with Gasteiger partial charge in [-0.1, -0.05) is 0 Å². The van der Waals surface area contributed by atoms with Gasteiger partial charge in [-0.25, -0.2) is 0 Å². The maximum absolute atomic E-state index is 10.8. The summed E-state index contributed by atoms with van der Waals surface area (Å²) in [6.45, 7) is 0. The Morgan fingerprint density at radius 2 is 2.20 bits per heavy atom. The van der Waals surface area contributed by atoms with Crippen LogP contribution in [0.4, 0.5) is 0 Å². The molecular formula is C6H7NO3. The Bertz CT molecular complexity index is 219. The Morgan fingerprint density at radius 1 is 1.60 bits per heavy atom. The first-order valence-electron chi connectivity index (χ1n) is 2.81. The zero-order valence-electron chi connectivity index (χ0n) is 5.50. The maximum atomic E-state index is 10.8. The highest BCUT2D eigenvalue weighted by Crippen LogP contribution is 2.15. The second-order valence-electron chi connectivity index (χ2n) is 2.09. The third kappa shape index (κ3) is 0.775. The second-order valence-corrected chi connectivity index (χ2v) is 2.09. The third-order valence-electron chi connectivity index (χ3n) is 1.45. The molecule has 2 amide bonds. The zero-order chi connectivity index (χ0) is 7.72. The smallest absolute Gasteiger partial charge is 0.259 e. The van der Waals surface area contributed by atoms with Crippen LogP contribution in [0.25, 0.3) is 0 Å². The van der Waals surface area contributed by atoms with Gasteiger partial charge in [0, 0.05) is 7.05 Å². The van der Waals surface area contributed by atoms with E-state index < -0.39 is 5.91 Å². The molecule has 0 aliphatic carbocycles. The monoisotopic (exact) mass is 141 g/mol. The van der Waals surface area contributed by atoms with Gasteiger partial charge in [0.1, 0.15) is 0 Å². The zero-order valence-corrected chi connectivity index (χ0v) is 5.50. The molecule has 0 unspecified atom stereocenters. The van der Waals surface area contributed by atoms with Crippen molar-refractivity contribution in [3.05, 3.63) is 11.8 Å². The molecule has 1 aliphatic heterocycles. The highest BCUT2D eigenvalue weighted by molar-refractivity contribution is 6.12. The molecule has 1 heterocycles. The highest BCUT2D eigenvalue weighted by atomic mass is 16.2. The van der Waals surface area contributed by atoms with Crippen LogP contribution in [0.5, 0.6) is 0 Å². The van der Waals surface area contributed by atoms with E-state index in [0.29, 0.717) is 6.26 Å². The van der Waals surface area contributed by atoms with E-state index in [1.165, 1.54) is 7.05 Å². The average molecular weight is 141 g/mol. The Morgan fingerprint density at radius 3 is 2.40 bits per heavy atom. The molecule has 1 rings (SSSR count). The number of carbonyl (C=O) groups is 2. The summed E-state index contributed by atoms with van der Waals surface area (Å²) in [5.41, 5.74) is 0.160. The number of amides is 2. The minimum atomic E-state index is -0.410. The summed E-state index contributed by atoms with van der Waals surface area (Å²) < 4.78 is 0. The van der Waals surface area contributed by atoms with Crippen molar-refractivity contribution in [2.24, 2.45) is 0 Å². The number of aliphatic hydroxyl groups is 1. The van der Waals surface area contributed by atoms with E-state index in [4.69, 9.17) is 5.11 Å². The molecule has 4 heteroatoms. The van der Waals surface area contributed by atoms with Crippen molar-refractivity contribution in [3.63, 3.8) is 0 Å².